The first kappa shape index (κ1) is 20.5. The molecule has 9 heteroatoms. The van der Waals surface area contributed by atoms with Crippen molar-refractivity contribution in [1.82, 2.24) is 15.6 Å². The fourth-order valence-corrected chi connectivity index (χ4v) is 2.45. The third kappa shape index (κ3) is 6.14. The third-order valence-electron chi connectivity index (χ3n) is 3.83. The Hall–Kier alpha value is -2.81. The summed E-state index contributed by atoms with van der Waals surface area (Å²) in [4.78, 5) is 12.4. The number of nitrogens with two attached hydrogens (primary N) is 1. The summed E-state index contributed by atoms with van der Waals surface area (Å²) in [5, 5.41) is 8.63. The molecule has 1 aliphatic heterocycles. The largest absolute Gasteiger partial charge is 0.404 e. The zero-order chi connectivity index (χ0) is 19.6. The molecule has 1 aromatic heterocycles. The van der Waals surface area contributed by atoms with Crippen LogP contribution in [0.15, 0.2) is 40.3 Å². The molecule has 0 unspecified atom stereocenters. The quantitative estimate of drug-likeness (QED) is 0.389. The molecule has 0 atom stereocenters. The molecule has 0 fully saturated rings. The summed E-state index contributed by atoms with van der Waals surface area (Å²) in [7, 11) is 1.90. The fraction of sp³-hybridized carbons (Fsp3) is 0.389. The number of nitrogens with one attached hydrogen (secondary N) is 3. The van der Waals surface area contributed by atoms with E-state index in [1.54, 1.807) is 18.5 Å². The van der Waals surface area contributed by atoms with E-state index < -0.39 is 6.43 Å². The summed E-state index contributed by atoms with van der Waals surface area (Å²) >= 11 is 0. The molecule has 0 aliphatic carbocycles. The van der Waals surface area contributed by atoms with Gasteiger partial charge in [0.1, 0.15) is 11.6 Å². The first-order chi connectivity index (χ1) is 13.0. The lowest BCUT2D eigenvalue weighted by molar-refractivity contribution is 0.221. The van der Waals surface area contributed by atoms with Gasteiger partial charge in [0.05, 0.1) is 6.54 Å². The van der Waals surface area contributed by atoms with Gasteiger partial charge in [0, 0.05) is 36.3 Å². The molecule has 1 aliphatic rings. The molecular weight excluding hydrogens is 352 g/mol. The van der Waals surface area contributed by atoms with E-state index in [-0.39, 0.29) is 12.4 Å². The highest BCUT2D eigenvalue weighted by Gasteiger charge is 2.17. The summed E-state index contributed by atoms with van der Waals surface area (Å²) in [5.41, 5.74) is 8.31. The Kier molecular flexibility index (Phi) is 7.87. The van der Waals surface area contributed by atoms with Crippen molar-refractivity contribution in [3.05, 3.63) is 41.5 Å². The number of alkyl halides is 2. The van der Waals surface area contributed by atoms with Gasteiger partial charge in [-0.3, -0.25) is 9.98 Å². The molecule has 1 aromatic rings. The van der Waals surface area contributed by atoms with Gasteiger partial charge in [0.25, 0.3) is 6.43 Å². The van der Waals surface area contributed by atoms with Crippen LogP contribution in [-0.4, -0.2) is 50.1 Å². The normalized spacial score (nSPS) is 14.9. The number of amidine groups is 1. The first-order valence-corrected chi connectivity index (χ1v) is 8.65. The van der Waals surface area contributed by atoms with Crippen molar-refractivity contribution in [2.45, 2.75) is 19.8 Å². The number of allylic oxidation sites excluding steroid dienone is 1. The second kappa shape index (κ2) is 10.4. The number of anilines is 1. The van der Waals surface area contributed by atoms with Crippen LogP contribution < -0.4 is 21.7 Å². The Morgan fingerprint density at radius 3 is 2.96 bits per heavy atom. The first-order valence-electron chi connectivity index (χ1n) is 8.65. The van der Waals surface area contributed by atoms with E-state index in [1.807, 2.05) is 20.0 Å². The van der Waals surface area contributed by atoms with Gasteiger partial charge in [-0.2, -0.15) is 0 Å². The number of halogens is 2. The summed E-state index contributed by atoms with van der Waals surface area (Å²) in [6.07, 6.45) is 4.90. The Morgan fingerprint density at radius 2 is 2.30 bits per heavy atom. The molecule has 5 N–H and O–H groups in total. The van der Waals surface area contributed by atoms with Gasteiger partial charge >= 0.3 is 0 Å². The minimum atomic E-state index is -2.64. The zero-order valence-electron chi connectivity index (χ0n) is 15.5. The number of aryl methyl sites for hydroxylation is 1. The second-order valence-electron chi connectivity index (χ2n) is 5.89. The lowest BCUT2D eigenvalue weighted by Gasteiger charge is -2.18. The van der Waals surface area contributed by atoms with Crippen molar-refractivity contribution in [2.24, 2.45) is 15.7 Å². The van der Waals surface area contributed by atoms with Crippen molar-refractivity contribution in [3.63, 3.8) is 0 Å². The number of pyridine rings is 1. The van der Waals surface area contributed by atoms with Crippen LogP contribution in [0.3, 0.4) is 0 Å². The zero-order valence-corrected chi connectivity index (χ0v) is 15.5. The van der Waals surface area contributed by atoms with E-state index in [2.05, 4.69) is 30.9 Å². The van der Waals surface area contributed by atoms with E-state index in [9.17, 15) is 8.78 Å². The molecule has 0 aromatic carbocycles. The molecule has 7 nitrogen and oxygen atoms in total. The van der Waals surface area contributed by atoms with Crippen LogP contribution in [0.25, 0.3) is 5.57 Å². The number of aliphatic imine (C=N–C) groups is 2. The van der Waals surface area contributed by atoms with Gasteiger partial charge in [-0.1, -0.05) is 0 Å². The summed E-state index contributed by atoms with van der Waals surface area (Å²) < 4.78 is 25.5. The van der Waals surface area contributed by atoms with E-state index in [4.69, 9.17) is 5.73 Å². The third-order valence-corrected chi connectivity index (χ3v) is 3.83. The highest BCUT2D eigenvalue weighted by molar-refractivity contribution is 6.10. The monoisotopic (exact) mass is 377 g/mol. The van der Waals surface area contributed by atoms with E-state index in [0.29, 0.717) is 18.2 Å². The number of nitrogens with zero attached hydrogens (tertiary/aromatic N) is 3. The molecule has 0 saturated heterocycles. The van der Waals surface area contributed by atoms with Gasteiger partial charge in [0.15, 0.2) is 5.84 Å². The van der Waals surface area contributed by atoms with Crippen LogP contribution >= 0.6 is 0 Å². The fourth-order valence-electron chi connectivity index (χ4n) is 2.45. The standard InChI is InChI=1S/C18H25F2N7/c1-12-8-16(26-15-4-7-24-18(27-15)17(19)20)25-11-14(12)13(9-21)10-23-6-3-5-22-2/h4,8-11,17,22H,3,5-7,21H2,1-2H3,(H,24,27)(H,25,26)/b13-9+,23-10?. The molecule has 146 valence electrons. The van der Waals surface area contributed by atoms with Crippen LogP contribution in [0, 0.1) is 6.92 Å². The van der Waals surface area contributed by atoms with Gasteiger partial charge < -0.3 is 21.7 Å². The minimum absolute atomic E-state index is 0.191. The summed E-state index contributed by atoms with van der Waals surface area (Å²) in [5.74, 6) is 0.615. The highest BCUT2D eigenvalue weighted by Crippen LogP contribution is 2.19. The second-order valence-corrected chi connectivity index (χ2v) is 5.89. The molecule has 2 rings (SSSR count). The molecule has 0 spiro atoms. The van der Waals surface area contributed by atoms with Crippen molar-refractivity contribution < 1.29 is 8.78 Å². The van der Waals surface area contributed by atoms with Crippen molar-refractivity contribution in [2.75, 3.05) is 32.0 Å². The van der Waals surface area contributed by atoms with Crippen LogP contribution in [-0.2, 0) is 0 Å². The Morgan fingerprint density at radius 1 is 1.48 bits per heavy atom. The molecule has 2 heterocycles. The Balaban J connectivity index is 2.03. The lowest BCUT2D eigenvalue weighted by atomic mass is 10.0. The summed E-state index contributed by atoms with van der Waals surface area (Å²) in [6.45, 7) is 3.73. The molecule has 0 bridgehead atoms. The predicted molar refractivity (Wildman–Crippen MR) is 106 cm³/mol. The highest BCUT2D eigenvalue weighted by atomic mass is 19.3. The summed E-state index contributed by atoms with van der Waals surface area (Å²) in [6, 6.07) is 1.82. The maximum Gasteiger partial charge on any atom is 0.295 e. The van der Waals surface area contributed by atoms with E-state index in [0.717, 1.165) is 29.7 Å². The van der Waals surface area contributed by atoms with Gasteiger partial charge in [0.2, 0.25) is 0 Å². The van der Waals surface area contributed by atoms with Crippen molar-refractivity contribution in [3.8, 4) is 0 Å². The van der Waals surface area contributed by atoms with Gasteiger partial charge in [-0.05, 0) is 44.6 Å². The predicted octanol–water partition coefficient (Wildman–Crippen LogP) is 1.89. The van der Waals surface area contributed by atoms with Crippen molar-refractivity contribution >= 4 is 23.4 Å². The number of hydrogen-bond donors (Lipinski definition) is 4. The number of aromatic nitrogens is 1. The van der Waals surface area contributed by atoms with Crippen LogP contribution in [0.2, 0.25) is 0 Å². The molecule has 27 heavy (non-hydrogen) atoms. The van der Waals surface area contributed by atoms with E-state index in [1.165, 1.54) is 6.20 Å². The van der Waals surface area contributed by atoms with Crippen molar-refractivity contribution in [1.29, 1.82) is 0 Å². The number of hydrogen-bond acceptors (Lipinski definition) is 7. The average Bonchev–Trinajstić information content (AvgIpc) is 2.66. The SMILES string of the molecule is CNCCCN=C/C(=C\N)c1cnc(NC2=CCN=C(C(F)F)N2)cc1C. The Bertz CT molecular complexity index is 754. The maximum absolute atomic E-state index is 12.8. The van der Waals surface area contributed by atoms with Gasteiger partial charge in [-0.25, -0.2) is 13.8 Å². The van der Waals surface area contributed by atoms with E-state index >= 15 is 0 Å². The smallest absolute Gasteiger partial charge is 0.295 e. The average molecular weight is 377 g/mol. The lowest BCUT2D eigenvalue weighted by Crippen LogP contribution is -2.35. The maximum atomic E-state index is 12.8. The molecule has 0 radical (unpaired) electrons. The van der Waals surface area contributed by atoms with Crippen LogP contribution in [0.4, 0.5) is 14.6 Å². The van der Waals surface area contributed by atoms with Crippen LogP contribution in [0.1, 0.15) is 17.5 Å². The minimum Gasteiger partial charge on any atom is -0.404 e. The van der Waals surface area contributed by atoms with Crippen LogP contribution in [0.5, 0.6) is 0 Å². The topological polar surface area (TPSA) is 99.7 Å². The number of rotatable bonds is 9. The van der Waals surface area contributed by atoms with Gasteiger partial charge in [-0.15, -0.1) is 0 Å². The molecular formula is C18H25F2N7. The molecule has 0 saturated carbocycles. The Labute approximate surface area is 157 Å². The molecule has 0 amide bonds.